The van der Waals surface area contributed by atoms with E-state index in [9.17, 15) is 0 Å². The topological polar surface area (TPSA) is 0 Å². The van der Waals surface area contributed by atoms with E-state index in [0.717, 1.165) is 0 Å². The van der Waals surface area contributed by atoms with Crippen molar-refractivity contribution in [2.24, 2.45) is 0 Å². The third-order valence-electron chi connectivity index (χ3n) is 0. The Morgan fingerprint density at radius 1 is 1.75 bits per heavy atom. The molecule has 0 atom stereocenters. The van der Waals surface area contributed by atoms with Gasteiger partial charge >= 0.3 is 89.0 Å². The van der Waals surface area contributed by atoms with E-state index in [4.69, 9.17) is 0 Å². The van der Waals surface area contributed by atoms with E-state index in [2.05, 4.69) is 22.8 Å². The van der Waals surface area contributed by atoms with Gasteiger partial charge in [0.05, 0.1) is 0 Å². The third kappa shape index (κ3) is 8.82. The molecule has 0 heterocycles. The van der Waals surface area contributed by atoms with Gasteiger partial charge in [-0.25, -0.2) is 0 Å². The number of hydrogen-bond donors (Lipinski definition) is 0. The Kier molecular flexibility index (Phi) is 22.4. The van der Waals surface area contributed by atoms with Gasteiger partial charge in [-0.2, -0.15) is 0 Å². The molecule has 0 aromatic heterocycles. The average Bonchev–Trinajstić information content (AvgIpc) is 0.918. The summed E-state index contributed by atoms with van der Waals surface area (Å²) >= 11 is 3.62. The summed E-state index contributed by atoms with van der Waals surface area (Å²) < 4.78 is 0. The van der Waals surface area contributed by atoms with Gasteiger partial charge in [0.25, 0.3) is 0 Å². The van der Waals surface area contributed by atoms with Gasteiger partial charge in [0, 0.05) is 0 Å². The molecule has 0 radical (unpaired) electrons. The summed E-state index contributed by atoms with van der Waals surface area (Å²) in [6, 6.07) is 0. The van der Waals surface area contributed by atoms with Crippen LogP contribution in [0.1, 0.15) is 0 Å². The third-order valence-corrected chi connectivity index (χ3v) is 0. The standard InChI is InChI=1S/BH4Si.Fe.Rb.H/c1-2;;;/h1-2H2;;;. The van der Waals surface area contributed by atoms with E-state index in [0.29, 0.717) is 0 Å². The molecular weight excluding hydrogens is 180 g/mol. The van der Waals surface area contributed by atoms with Crippen molar-refractivity contribution < 1.29 is 15.4 Å². The van der Waals surface area contributed by atoms with Crippen molar-refractivity contribution in [2.75, 3.05) is 0 Å². The normalized spacial score (nSPS) is 7.25. The maximum atomic E-state index is 3.62. The molecule has 0 aliphatic heterocycles. The fraction of sp³-hybridized carbons (Fsp3) is 0. The van der Waals surface area contributed by atoms with Crippen molar-refractivity contribution in [1.82, 2.24) is 0 Å². The minimum absolute atomic E-state index is 0. The second-order valence-corrected chi connectivity index (χ2v) is 3.09. The number of hydrogen-bond acceptors (Lipinski definition) is 0. The van der Waals surface area contributed by atoms with Crippen LogP contribution < -0.4 is 0 Å². The van der Waals surface area contributed by atoms with Crippen molar-refractivity contribution in [1.29, 1.82) is 0 Å². The first-order valence-electron chi connectivity index (χ1n) is 0.957. The fourth-order valence-corrected chi connectivity index (χ4v) is 0. The second kappa shape index (κ2) is 9.15. The molecule has 0 saturated heterocycles. The van der Waals surface area contributed by atoms with Gasteiger partial charge in [-0.1, -0.05) is 0 Å². The molecule has 0 aromatic carbocycles. The Labute approximate surface area is 86.7 Å². The Hall–Kier alpha value is 2.61. The first-order valence-corrected chi connectivity index (χ1v) is 5.21. The average molecular weight is 185 g/mol. The zero-order chi connectivity index (χ0) is 2.71. The van der Waals surface area contributed by atoms with E-state index < -0.39 is 0 Å². The van der Waals surface area contributed by atoms with Crippen LogP contribution in [-0.4, -0.2) is 73.6 Å². The summed E-state index contributed by atoms with van der Waals surface area (Å²) in [6.45, 7) is 0. The van der Waals surface area contributed by atoms with Crippen LogP contribution >= 0.6 is 0 Å². The Bertz CT molecular complexity index is 8.00. The van der Waals surface area contributed by atoms with Crippen molar-refractivity contribution in [3.05, 3.63) is 0 Å². The molecule has 0 fully saturated rings. The van der Waals surface area contributed by atoms with Gasteiger partial charge < -0.3 is 0 Å². The summed E-state index contributed by atoms with van der Waals surface area (Å²) in [7, 11) is 2.32. The molecule has 21 valence electrons. The maximum absolute atomic E-state index is 3.62. The molecule has 0 rings (SSSR count). The van der Waals surface area contributed by atoms with Crippen LogP contribution in [0.15, 0.2) is 0 Å². The SMILES string of the molecule is B[SiH2][Fe].[RbH]. The Balaban J connectivity index is 0. The summed E-state index contributed by atoms with van der Waals surface area (Å²) in [5.74, 6) is 0. The summed E-state index contributed by atoms with van der Waals surface area (Å²) in [4.78, 5) is 0. The van der Waals surface area contributed by atoms with Gasteiger partial charge in [0.2, 0.25) is 0 Å². The molecule has 0 aliphatic carbocycles. The van der Waals surface area contributed by atoms with Gasteiger partial charge in [-0.05, 0) is 0 Å². The van der Waals surface area contributed by atoms with Crippen LogP contribution in [0.25, 0.3) is 0 Å². The zero-order valence-corrected chi connectivity index (χ0v) is 4.58. The molecule has 4 heteroatoms. The summed E-state index contributed by atoms with van der Waals surface area (Å²) in [5.41, 5.74) is 0. The van der Waals surface area contributed by atoms with Gasteiger partial charge in [0.15, 0.2) is 0 Å². The van der Waals surface area contributed by atoms with Crippen molar-refractivity contribution in [3.8, 4) is 0 Å². The van der Waals surface area contributed by atoms with E-state index in [1.165, 1.54) is 0 Å². The van der Waals surface area contributed by atoms with Crippen LogP contribution in [0.3, 0.4) is 0 Å². The van der Waals surface area contributed by atoms with Crippen molar-refractivity contribution in [3.63, 3.8) is 0 Å². The molecule has 0 amide bonds. The molecule has 4 heavy (non-hydrogen) atoms. The Morgan fingerprint density at radius 3 is 1.75 bits per heavy atom. The van der Waals surface area contributed by atoms with Gasteiger partial charge in [0.1, 0.15) is 0 Å². The van der Waals surface area contributed by atoms with Crippen molar-refractivity contribution >= 4 is 73.6 Å². The first-order chi connectivity index (χ1) is 1.41. The zero-order valence-electron chi connectivity index (χ0n) is 2.06. The molecular formula is H5BFeRbSi. The molecule has 0 unspecified atom stereocenters. The molecule has 0 N–H and O–H groups in total. The van der Waals surface area contributed by atoms with E-state index in [1.54, 1.807) is 0 Å². The van der Waals surface area contributed by atoms with Crippen LogP contribution in [0, 0.1) is 0 Å². The second-order valence-electron chi connectivity index (χ2n) is 0.250. The van der Waals surface area contributed by atoms with Crippen molar-refractivity contribution in [2.45, 2.75) is 0 Å². The van der Waals surface area contributed by atoms with E-state index >= 15 is 0 Å². The first kappa shape index (κ1) is 9.79. The predicted molar refractivity (Wildman–Crippen MR) is 24.2 cm³/mol. The molecule has 0 aliphatic rings. The molecule has 0 aromatic rings. The fourth-order valence-electron chi connectivity index (χ4n) is 0. The number of rotatable bonds is 0. The van der Waals surface area contributed by atoms with Gasteiger partial charge in [-0.15, -0.1) is 0 Å². The summed E-state index contributed by atoms with van der Waals surface area (Å²) in [5, 5.41) is 0. The minimum atomic E-state index is 0. The quantitative estimate of drug-likeness (QED) is 0.367. The van der Waals surface area contributed by atoms with E-state index in [-0.39, 0.29) is 66.2 Å². The summed E-state index contributed by atoms with van der Waals surface area (Å²) in [6.07, 6.45) is 0. The van der Waals surface area contributed by atoms with Crippen LogP contribution in [0.4, 0.5) is 0 Å². The monoisotopic (exact) mass is 185 g/mol. The van der Waals surface area contributed by atoms with Gasteiger partial charge in [-0.3, -0.25) is 0 Å². The van der Waals surface area contributed by atoms with Crippen LogP contribution in [0.5, 0.6) is 0 Å². The molecule has 0 nitrogen and oxygen atoms in total. The van der Waals surface area contributed by atoms with Crippen LogP contribution in [-0.2, 0) is 15.4 Å². The predicted octanol–water partition coefficient (Wildman–Crippen LogP) is -2.48. The Morgan fingerprint density at radius 2 is 1.75 bits per heavy atom. The van der Waals surface area contributed by atoms with E-state index in [1.807, 2.05) is 0 Å². The molecule has 0 saturated carbocycles. The molecule has 0 bridgehead atoms. The molecule has 0 spiro atoms. The van der Waals surface area contributed by atoms with Crippen LogP contribution in [0.2, 0.25) is 0 Å².